The van der Waals surface area contributed by atoms with Crippen molar-refractivity contribution in [2.24, 2.45) is 0 Å². The van der Waals surface area contributed by atoms with E-state index < -0.39 is 0 Å². The van der Waals surface area contributed by atoms with Crippen LogP contribution in [0.2, 0.25) is 0 Å². The van der Waals surface area contributed by atoms with E-state index in [-0.39, 0.29) is 12.1 Å². The van der Waals surface area contributed by atoms with Crippen LogP contribution in [0.4, 0.5) is 0 Å². The maximum atomic E-state index is 5.43. The fraction of sp³-hybridized carbons (Fsp3) is 0.833. The Bertz CT molecular complexity index is 354. The zero-order chi connectivity index (χ0) is 13.5. The van der Waals surface area contributed by atoms with Crippen molar-refractivity contribution in [1.82, 2.24) is 20.3 Å². The van der Waals surface area contributed by atoms with Gasteiger partial charge in [0.2, 0.25) is 0 Å². The van der Waals surface area contributed by atoms with Gasteiger partial charge in [-0.05, 0) is 20.4 Å². The van der Waals surface area contributed by atoms with Crippen LogP contribution in [0.15, 0.2) is 0 Å². The minimum Gasteiger partial charge on any atom is -0.382 e. The van der Waals surface area contributed by atoms with Gasteiger partial charge in [-0.1, -0.05) is 12.1 Å². The quantitative estimate of drug-likeness (QED) is 0.759. The van der Waals surface area contributed by atoms with Crippen LogP contribution in [0.25, 0.3) is 0 Å². The summed E-state index contributed by atoms with van der Waals surface area (Å²) in [7, 11) is 5.29. The first-order valence-electron chi connectivity index (χ1n) is 6.29. The van der Waals surface area contributed by atoms with Crippen LogP contribution >= 0.6 is 0 Å². The van der Waals surface area contributed by atoms with Crippen molar-refractivity contribution in [2.45, 2.75) is 39.0 Å². The molecule has 0 spiro atoms. The average molecular weight is 256 g/mol. The minimum atomic E-state index is -0.0331. The van der Waals surface area contributed by atoms with Gasteiger partial charge in [0.1, 0.15) is 5.69 Å². The zero-order valence-electron chi connectivity index (χ0n) is 11.9. The van der Waals surface area contributed by atoms with E-state index in [1.807, 2.05) is 18.7 Å². The van der Waals surface area contributed by atoms with E-state index in [1.54, 1.807) is 14.2 Å². The molecule has 18 heavy (non-hydrogen) atoms. The first-order chi connectivity index (χ1) is 8.69. The lowest BCUT2D eigenvalue weighted by Gasteiger charge is -2.20. The molecule has 104 valence electrons. The van der Waals surface area contributed by atoms with Gasteiger partial charge in [-0.2, -0.15) is 0 Å². The second-order valence-electron chi connectivity index (χ2n) is 4.29. The van der Waals surface area contributed by atoms with E-state index in [0.29, 0.717) is 13.2 Å². The fourth-order valence-electron chi connectivity index (χ4n) is 1.98. The summed E-state index contributed by atoms with van der Waals surface area (Å²) < 4.78 is 12.6. The van der Waals surface area contributed by atoms with Crippen LogP contribution in [0.3, 0.4) is 0 Å². The van der Waals surface area contributed by atoms with Gasteiger partial charge in [-0.15, -0.1) is 5.10 Å². The van der Waals surface area contributed by atoms with Crippen LogP contribution in [-0.4, -0.2) is 42.9 Å². The molecule has 0 radical (unpaired) electrons. The molecule has 0 aromatic carbocycles. The van der Waals surface area contributed by atoms with E-state index in [4.69, 9.17) is 9.47 Å². The maximum Gasteiger partial charge on any atom is 0.102 e. The van der Waals surface area contributed by atoms with Gasteiger partial charge in [0.05, 0.1) is 24.4 Å². The highest BCUT2D eigenvalue weighted by Gasteiger charge is 2.22. The molecule has 6 heteroatoms. The number of nitrogens with one attached hydrogen (secondary N) is 1. The normalized spacial score (nSPS) is 14.7. The number of methoxy groups -OCH3 is 2. The Morgan fingerprint density at radius 3 is 2.61 bits per heavy atom. The van der Waals surface area contributed by atoms with Crippen molar-refractivity contribution in [2.75, 3.05) is 27.9 Å². The molecule has 2 atom stereocenters. The fourth-order valence-corrected chi connectivity index (χ4v) is 1.98. The SMILES string of the molecule is CCC(COC)n1nnc(CNC)c1C(C)OC. The molecule has 1 aromatic heterocycles. The molecule has 0 aliphatic heterocycles. The second kappa shape index (κ2) is 7.45. The summed E-state index contributed by atoms with van der Waals surface area (Å²) in [5.74, 6) is 0. The Kier molecular flexibility index (Phi) is 6.24. The third kappa shape index (κ3) is 3.28. The Morgan fingerprint density at radius 1 is 1.39 bits per heavy atom. The Labute approximate surface area is 109 Å². The largest absolute Gasteiger partial charge is 0.382 e. The molecule has 0 amide bonds. The van der Waals surface area contributed by atoms with Crippen molar-refractivity contribution < 1.29 is 9.47 Å². The van der Waals surface area contributed by atoms with Crippen molar-refractivity contribution in [3.05, 3.63) is 11.4 Å². The molecular formula is C12H24N4O2. The van der Waals surface area contributed by atoms with E-state index in [1.165, 1.54) is 0 Å². The van der Waals surface area contributed by atoms with E-state index in [9.17, 15) is 0 Å². The van der Waals surface area contributed by atoms with Crippen molar-refractivity contribution in [1.29, 1.82) is 0 Å². The lowest BCUT2D eigenvalue weighted by Crippen LogP contribution is -2.20. The molecule has 0 fully saturated rings. The molecule has 2 unspecified atom stereocenters. The summed E-state index contributed by atoms with van der Waals surface area (Å²) in [5, 5.41) is 11.6. The first-order valence-corrected chi connectivity index (χ1v) is 6.29. The number of aromatic nitrogens is 3. The van der Waals surface area contributed by atoms with Crippen LogP contribution in [0.5, 0.6) is 0 Å². The van der Waals surface area contributed by atoms with Crippen LogP contribution in [0.1, 0.15) is 43.8 Å². The van der Waals surface area contributed by atoms with E-state index >= 15 is 0 Å². The second-order valence-corrected chi connectivity index (χ2v) is 4.29. The summed E-state index contributed by atoms with van der Waals surface area (Å²) >= 11 is 0. The maximum absolute atomic E-state index is 5.43. The van der Waals surface area contributed by atoms with Crippen LogP contribution < -0.4 is 5.32 Å². The molecule has 0 aliphatic rings. The zero-order valence-corrected chi connectivity index (χ0v) is 11.9. The number of ether oxygens (including phenoxy) is 2. The van der Waals surface area contributed by atoms with Gasteiger partial charge < -0.3 is 14.8 Å². The predicted molar refractivity (Wildman–Crippen MR) is 69.4 cm³/mol. The van der Waals surface area contributed by atoms with Gasteiger partial charge in [-0.3, -0.25) is 0 Å². The standard InChI is InChI=1S/C12H24N4O2/c1-6-10(8-17-4)16-12(9(2)18-5)11(7-13-3)14-15-16/h9-10,13H,6-8H2,1-5H3. The van der Waals surface area contributed by atoms with Gasteiger partial charge in [0.15, 0.2) is 0 Å². The molecule has 0 aliphatic carbocycles. The summed E-state index contributed by atoms with van der Waals surface area (Å²) in [6.45, 7) is 5.44. The summed E-state index contributed by atoms with van der Waals surface area (Å²) in [6, 6.07) is 0.195. The highest BCUT2D eigenvalue weighted by atomic mass is 16.5. The number of nitrogens with zero attached hydrogens (tertiary/aromatic N) is 3. The van der Waals surface area contributed by atoms with E-state index in [2.05, 4.69) is 22.6 Å². The van der Waals surface area contributed by atoms with Crippen molar-refractivity contribution in [3.63, 3.8) is 0 Å². The third-order valence-electron chi connectivity index (χ3n) is 3.06. The van der Waals surface area contributed by atoms with Gasteiger partial charge in [0.25, 0.3) is 0 Å². The number of rotatable bonds is 8. The molecular weight excluding hydrogens is 232 g/mol. The van der Waals surface area contributed by atoms with Crippen LogP contribution in [-0.2, 0) is 16.0 Å². The highest BCUT2D eigenvalue weighted by molar-refractivity contribution is 5.14. The van der Waals surface area contributed by atoms with Crippen molar-refractivity contribution >= 4 is 0 Å². The molecule has 0 saturated heterocycles. The topological polar surface area (TPSA) is 61.2 Å². The lowest BCUT2D eigenvalue weighted by molar-refractivity contribution is 0.0987. The van der Waals surface area contributed by atoms with Gasteiger partial charge >= 0.3 is 0 Å². The van der Waals surface area contributed by atoms with Gasteiger partial charge in [0, 0.05) is 20.8 Å². The summed E-state index contributed by atoms with van der Waals surface area (Å²) in [5.41, 5.74) is 1.96. The Morgan fingerprint density at radius 2 is 2.11 bits per heavy atom. The summed E-state index contributed by atoms with van der Waals surface area (Å²) in [4.78, 5) is 0. The Balaban J connectivity index is 3.09. The van der Waals surface area contributed by atoms with Crippen LogP contribution in [0, 0.1) is 0 Å². The van der Waals surface area contributed by atoms with E-state index in [0.717, 1.165) is 17.8 Å². The van der Waals surface area contributed by atoms with Crippen molar-refractivity contribution in [3.8, 4) is 0 Å². The highest BCUT2D eigenvalue weighted by Crippen LogP contribution is 2.23. The summed E-state index contributed by atoms with van der Waals surface area (Å²) in [6.07, 6.45) is 0.911. The monoisotopic (exact) mass is 256 g/mol. The predicted octanol–water partition coefficient (Wildman–Crippen LogP) is 1.30. The average Bonchev–Trinajstić information content (AvgIpc) is 2.79. The van der Waals surface area contributed by atoms with Gasteiger partial charge in [-0.25, -0.2) is 4.68 Å². The minimum absolute atomic E-state index is 0.0331. The molecule has 1 N–H and O–H groups in total. The Hall–Kier alpha value is -0.980. The third-order valence-corrected chi connectivity index (χ3v) is 3.06. The molecule has 6 nitrogen and oxygen atoms in total. The number of hydrogen-bond donors (Lipinski definition) is 1. The molecule has 0 saturated carbocycles. The lowest BCUT2D eigenvalue weighted by atomic mass is 10.1. The molecule has 1 rings (SSSR count). The molecule has 0 bridgehead atoms. The smallest absolute Gasteiger partial charge is 0.102 e. The first kappa shape index (κ1) is 15.1. The number of hydrogen-bond acceptors (Lipinski definition) is 5. The molecule has 1 heterocycles. The molecule has 1 aromatic rings.